The Balaban J connectivity index is 0.785. The maximum absolute atomic E-state index is 14.1. The van der Waals surface area contributed by atoms with Crippen LogP contribution in [0, 0.1) is 0 Å². The molecule has 0 unspecified atom stereocenters. The molecule has 3 heterocycles. The first kappa shape index (κ1) is 71.3. The summed E-state index contributed by atoms with van der Waals surface area (Å²) in [6.07, 6.45) is 11.4. The fraction of sp³-hybridized carbons (Fsp3) is 0.343. The number of aromatic nitrogens is 1. The summed E-state index contributed by atoms with van der Waals surface area (Å²) in [7, 11) is -16.5. The average Bonchev–Trinajstić information content (AvgIpc) is 1.62. The predicted octanol–water partition coefficient (Wildman–Crippen LogP) is 8.97. The zero-order valence-electron chi connectivity index (χ0n) is 53.4. The van der Waals surface area contributed by atoms with E-state index in [0.29, 0.717) is 94.9 Å². The number of allylic oxidation sites excluding steroid dienone is 6. The third kappa shape index (κ3) is 15.0. The SMILES string of the molecule is CCc1cccc2c1c(O)c(C(=O)N(CCOCCOCCOCCNC(=O)CCCCCN1/C(=C/C=C/C=C/C3=[N+](C)c4ccc5c(S(=O)(=O)O)cc(S(=O)(=O)O)cc5c4C3(C)C)C(C)(C)c3c1ccc1c(S(=O)(=O)O)cc(S(=O)(=O)O)cc31)c1ccccc1)c(=O)n2C. The molecule has 0 saturated heterocycles. The van der Waals surface area contributed by atoms with E-state index in [-0.39, 0.29) is 97.9 Å². The van der Waals surface area contributed by atoms with E-state index in [2.05, 4.69) is 5.32 Å². The molecule has 0 spiro atoms. The zero-order chi connectivity index (χ0) is 69.2. The Morgan fingerprint density at radius 1 is 0.653 bits per heavy atom. The normalized spacial score (nSPS) is 15.3. The Hall–Kier alpha value is -8.00. The average molecular weight is 1380 g/mol. The second-order valence-corrected chi connectivity index (χ2v) is 29.7. The number of aromatic hydroxyl groups is 1. The molecule has 0 bridgehead atoms. The Kier molecular flexibility index (Phi) is 21.3. The smallest absolute Gasteiger partial charge is 0.295 e. The first-order valence-corrected chi connectivity index (χ1v) is 36.2. The van der Waals surface area contributed by atoms with E-state index in [0.717, 1.165) is 5.56 Å². The third-order valence-corrected chi connectivity index (χ3v) is 20.7. The number of hydrogen-bond acceptors (Lipinski definition) is 16. The summed E-state index contributed by atoms with van der Waals surface area (Å²) in [4.78, 5) is 41.1. The van der Waals surface area contributed by atoms with Crippen LogP contribution in [-0.4, -0.2) is 150 Å². The number of amides is 2. The summed E-state index contributed by atoms with van der Waals surface area (Å²) in [6.45, 7) is 11.4. The molecule has 2 amide bonds. The van der Waals surface area contributed by atoms with Crippen molar-refractivity contribution in [2.75, 3.05) is 76.1 Å². The van der Waals surface area contributed by atoms with Gasteiger partial charge in [0, 0.05) is 89.5 Å². The lowest BCUT2D eigenvalue weighted by atomic mass is 9.79. The van der Waals surface area contributed by atoms with Crippen LogP contribution >= 0.6 is 0 Å². The molecule has 2 aliphatic rings. The van der Waals surface area contributed by atoms with E-state index in [4.69, 9.17) is 14.2 Å². The maximum atomic E-state index is 14.1. The van der Waals surface area contributed by atoms with Gasteiger partial charge in [-0.25, -0.2) is 0 Å². The van der Waals surface area contributed by atoms with Crippen LogP contribution < -0.4 is 20.7 Å². The van der Waals surface area contributed by atoms with Gasteiger partial charge in [0.2, 0.25) is 11.6 Å². The molecular weight excluding hydrogens is 1310 g/mol. The largest absolute Gasteiger partial charge is 0.506 e. The number of carbonyl (C=O) groups is 2. The molecule has 95 heavy (non-hydrogen) atoms. The van der Waals surface area contributed by atoms with E-state index in [9.17, 15) is 71.4 Å². The van der Waals surface area contributed by atoms with Crippen molar-refractivity contribution in [3.8, 4) is 5.75 Å². The van der Waals surface area contributed by atoms with Crippen molar-refractivity contribution in [3.63, 3.8) is 0 Å². The molecule has 0 saturated carbocycles. The minimum Gasteiger partial charge on any atom is -0.506 e. The number of fused-ring (bicyclic) bond motifs is 7. The molecule has 1 aromatic heterocycles. The molecule has 0 aliphatic carbocycles. The van der Waals surface area contributed by atoms with Gasteiger partial charge in [-0.1, -0.05) is 81.8 Å². The van der Waals surface area contributed by atoms with Crippen molar-refractivity contribution >= 4 is 108 Å². The molecule has 0 fully saturated rings. The van der Waals surface area contributed by atoms with Gasteiger partial charge in [-0.05, 0) is 116 Å². The second kappa shape index (κ2) is 28.4. The zero-order valence-corrected chi connectivity index (χ0v) is 56.7. The van der Waals surface area contributed by atoms with Crippen LogP contribution in [0.4, 0.5) is 17.1 Å². The number of hydrogen-bond donors (Lipinski definition) is 6. The fourth-order valence-corrected chi connectivity index (χ4v) is 15.4. The van der Waals surface area contributed by atoms with Gasteiger partial charge in [-0.15, -0.1) is 0 Å². The number of pyridine rings is 1. The molecule has 0 atom stereocenters. The van der Waals surface area contributed by atoms with Crippen LogP contribution in [0.3, 0.4) is 0 Å². The lowest BCUT2D eigenvalue weighted by Crippen LogP contribution is -2.38. The monoisotopic (exact) mass is 1380 g/mol. The molecule has 24 nitrogen and oxygen atoms in total. The number of carbonyl (C=O) groups excluding carboxylic acids is 2. The highest BCUT2D eigenvalue weighted by Gasteiger charge is 2.46. The molecule has 7 aromatic rings. The van der Waals surface area contributed by atoms with Gasteiger partial charge in [0.15, 0.2) is 5.71 Å². The number of benzene rings is 6. The van der Waals surface area contributed by atoms with Crippen molar-refractivity contribution < 1.29 is 85.4 Å². The van der Waals surface area contributed by atoms with Crippen molar-refractivity contribution in [3.05, 3.63) is 166 Å². The van der Waals surface area contributed by atoms with E-state index in [1.165, 1.54) is 33.7 Å². The van der Waals surface area contributed by atoms with Crippen molar-refractivity contribution in [1.29, 1.82) is 0 Å². The van der Waals surface area contributed by atoms with Gasteiger partial charge in [0.1, 0.15) is 28.2 Å². The first-order valence-electron chi connectivity index (χ1n) is 30.5. The number of aryl methyl sites for hydroxylation is 2. The highest BCUT2D eigenvalue weighted by molar-refractivity contribution is 7.87. The lowest BCUT2D eigenvalue weighted by Gasteiger charge is -2.27. The highest BCUT2D eigenvalue weighted by atomic mass is 32.2. The van der Waals surface area contributed by atoms with Crippen LogP contribution in [0.1, 0.15) is 87.4 Å². The summed E-state index contributed by atoms with van der Waals surface area (Å²) in [5, 5.41) is 15.1. The second-order valence-electron chi connectivity index (χ2n) is 24.0. The number of ether oxygens (including phenoxy) is 3. The summed E-state index contributed by atoms with van der Waals surface area (Å²) >= 11 is 0. The van der Waals surface area contributed by atoms with Crippen LogP contribution in [0.5, 0.6) is 5.75 Å². The van der Waals surface area contributed by atoms with Gasteiger partial charge in [0.05, 0.1) is 60.4 Å². The van der Waals surface area contributed by atoms with Crippen molar-refractivity contribution in [1.82, 2.24) is 9.88 Å². The Bertz CT molecular complexity index is 4870. The van der Waals surface area contributed by atoms with E-state index >= 15 is 0 Å². The van der Waals surface area contributed by atoms with Crippen LogP contribution in [0.2, 0.25) is 0 Å². The van der Waals surface area contributed by atoms with Crippen LogP contribution in [-0.2, 0) is 83.8 Å². The van der Waals surface area contributed by atoms with Gasteiger partial charge in [-0.2, -0.15) is 38.2 Å². The topological polar surface area (TPSA) is 343 Å². The minimum atomic E-state index is -5.01. The standard InChI is InChI=1S/C67H75N5O19S4/c1-8-43-19-18-22-51-59(43)63(74)60(64(75)70(51)7)65(76)71(44-20-12-9-13-21-44)32-34-90-36-38-91-37-35-89-33-30-68-58(73)25-16-11-17-31-72-53-29-27-48-50(40-46(93(80,81)82)42-55(48)95(86,87)88)62(53)67(4,5)57(72)24-15-10-14-23-56-66(2,3)61-49-39-45(92(77,78)79)41-54(94(83,84)85)47(49)26-28-52(61)69(56)6/h9-10,12-15,18-24,26-29,39-42H,8,11,16-17,25,30-38H2,1-7H3,(H5-,68,73,74,75,76,77,78,79,80,81,82,83,84,85,86,87,88)/p+1. The number of rotatable bonds is 28. The van der Waals surface area contributed by atoms with Gasteiger partial charge in [-0.3, -0.25) is 32.6 Å². The van der Waals surface area contributed by atoms with E-state index in [1.807, 2.05) is 62.3 Å². The summed E-state index contributed by atoms with van der Waals surface area (Å²) in [5.74, 6) is -1.20. The van der Waals surface area contributed by atoms with Crippen molar-refractivity contribution in [2.24, 2.45) is 7.05 Å². The molecule has 9 rings (SSSR count). The van der Waals surface area contributed by atoms with Crippen LogP contribution in [0.15, 0.2) is 158 Å². The predicted molar refractivity (Wildman–Crippen MR) is 360 cm³/mol. The molecule has 28 heteroatoms. The molecule has 2 aliphatic heterocycles. The lowest BCUT2D eigenvalue weighted by molar-refractivity contribution is -0.401. The number of nitrogens with zero attached hydrogens (tertiary/aromatic N) is 4. The Labute approximate surface area is 551 Å². The van der Waals surface area contributed by atoms with Gasteiger partial charge in [0.25, 0.3) is 51.9 Å². The summed E-state index contributed by atoms with van der Waals surface area (Å²) < 4.78 is 161. The molecule has 0 radical (unpaired) electrons. The van der Waals surface area contributed by atoms with E-state index < -0.39 is 82.4 Å². The maximum Gasteiger partial charge on any atom is 0.295 e. The fourth-order valence-electron chi connectivity index (χ4n) is 12.8. The Morgan fingerprint density at radius 3 is 1.84 bits per heavy atom. The highest BCUT2D eigenvalue weighted by Crippen LogP contribution is 2.52. The quantitative estimate of drug-likeness (QED) is 0.0115. The minimum absolute atomic E-state index is 0.0231. The molecule has 506 valence electrons. The number of nitrogens with one attached hydrogen (secondary N) is 1. The first-order chi connectivity index (χ1) is 44.7. The molecule has 6 aromatic carbocycles. The van der Waals surface area contributed by atoms with Crippen LogP contribution in [0.25, 0.3) is 32.4 Å². The molecular formula is C67H76N5O19S4+. The number of anilines is 2. The summed E-state index contributed by atoms with van der Waals surface area (Å²) in [6, 6.07) is 24.2. The third-order valence-electron chi connectivity index (χ3n) is 17.3. The van der Waals surface area contributed by atoms with Crippen molar-refractivity contribution in [2.45, 2.75) is 97.1 Å². The summed E-state index contributed by atoms with van der Waals surface area (Å²) in [5.41, 5.74) is 2.71. The number of para-hydroxylation sites is 1. The van der Waals surface area contributed by atoms with E-state index in [1.54, 1.807) is 86.9 Å². The Morgan fingerprint density at radius 2 is 1.24 bits per heavy atom. The van der Waals surface area contributed by atoms with Gasteiger partial charge < -0.3 is 39.0 Å². The number of unbranched alkanes of at least 4 members (excludes halogenated alkanes) is 2. The molecule has 6 N–H and O–H groups in total. The van der Waals surface area contributed by atoms with Gasteiger partial charge >= 0.3 is 0 Å².